The maximum absolute atomic E-state index is 12.3. The van der Waals surface area contributed by atoms with Crippen molar-refractivity contribution in [1.29, 1.82) is 0 Å². The van der Waals surface area contributed by atoms with E-state index in [2.05, 4.69) is 10.0 Å². The Kier molecular flexibility index (Phi) is 17.7. The molecule has 2 aliphatic rings. The summed E-state index contributed by atoms with van der Waals surface area (Å²) in [7, 11) is 0. The largest absolute Gasteiger partial charge is 0.387 e. The highest BCUT2D eigenvalue weighted by Crippen LogP contribution is 2.37. The van der Waals surface area contributed by atoms with E-state index in [1.807, 2.05) is 182 Å². The topological polar surface area (TPSA) is 163 Å². The van der Waals surface area contributed by atoms with Gasteiger partial charge in [0.2, 0.25) is 0 Å². The van der Waals surface area contributed by atoms with Crippen molar-refractivity contribution in [2.75, 3.05) is 6.61 Å². The van der Waals surface area contributed by atoms with Gasteiger partial charge >= 0.3 is 0 Å². The van der Waals surface area contributed by atoms with Gasteiger partial charge in [-0.25, -0.2) is 0 Å². The summed E-state index contributed by atoms with van der Waals surface area (Å²) in [5.74, 6) is 0. The van der Waals surface area contributed by atoms with Gasteiger partial charge < -0.3 is 48.1 Å². The quantitative estimate of drug-likeness (QED) is 0.0383. The van der Waals surface area contributed by atoms with E-state index in [0.29, 0.717) is 0 Å². The Hall–Kier alpha value is -5.77. The second-order valence-electron chi connectivity index (χ2n) is 16.6. The van der Waals surface area contributed by atoms with Gasteiger partial charge in [0.15, 0.2) is 6.29 Å². The lowest BCUT2D eigenvalue weighted by Crippen LogP contribution is -2.68. The summed E-state index contributed by atoms with van der Waals surface area (Å²) in [5, 5.41) is 28.7. The first-order valence-corrected chi connectivity index (χ1v) is 22.6. The SMILES string of the molecule is [N-]=[N+]=N[C@H]1[C@H](O[C@H]2[C@H](O)[C@H](O)[C@H](OCc3ccccc3)[C@@H](OCc3ccccc3)[C@@H]2OCc2ccccc2)O[C@H](COCc2ccccc2)[C@@H](OCc2ccccc2)[C@@H]1OCc1ccccc1. The minimum absolute atomic E-state index is 0.0321. The van der Waals surface area contributed by atoms with E-state index in [9.17, 15) is 15.7 Å². The summed E-state index contributed by atoms with van der Waals surface area (Å²) in [6.07, 6.45) is -11.6. The zero-order valence-corrected chi connectivity index (χ0v) is 37.1. The van der Waals surface area contributed by atoms with E-state index in [-0.39, 0.29) is 46.2 Å². The fourth-order valence-electron chi connectivity index (χ4n) is 8.45. The lowest BCUT2D eigenvalue weighted by Gasteiger charge is -2.50. The zero-order chi connectivity index (χ0) is 46.0. The van der Waals surface area contributed by atoms with Crippen molar-refractivity contribution in [3.63, 3.8) is 0 Å². The number of aliphatic hydroxyl groups is 2. The van der Waals surface area contributed by atoms with Gasteiger partial charge in [0.25, 0.3) is 0 Å². The van der Waals surface area contributed by atoms with Gasteiger partial charge in [0.05, 0.1) is 46.2 Å². The highest BCUT2D eigenvalue weighted by Gasteiger charge is 2.56. The van der Waals surface area contributed by atoms with Crippen LogP contribution in [0.25, 0.3) is 10.4 Å². The summed E-state index contributed by atoms with van der Waals surface area (Å²) in [5.41, 5.74) is 15.6. The minimum Gasteiger partial charge on any atom is -0.387 e. The molecular weight excluding hydrogens is 851 g/mol. The molecule has 11 atom stereocenters. The summed E-state index contributed by atoms with van der Waals surface area (Å²) in [6, 6.07) is 56.7. The molecule has 2 N–H and O–H groups in total. The van der Waals surface area contributed by atoms with Gasteiger partial charge in [0, 0.05) is 4.91 Å². The van der Waals surface area contributed by atoms with E-state index < -0.39 is 67.3 Å². The van der Waals surface area contributed by atoms with E-state index in [4.69, 9.17) is 37.9 Å². The number of ether oxygens (including phenoxy) is 8. The number of aliphatic hydroxyl groups excluding tert-OH is 2. The predicted octanol–water partition coefficient (Wildman–Crippen LogP) is 8.65. The molecular formula is C54H57N3O10. The van der Waals surface area contributed by atoms with Gasteiger partial charge in [0.1, 0.15) is 61.0 Å². The predicted molar refractivity (Wildman–Crippen MR) is 250 cm³/mol. The molecule has 348 valence electrons. The molecule has 1 aliphatic heterocycles. The van der Waals surface area contributed by atoms with Crippen molar-refractivity contribution in [3.8, 4) is 0 Å². The number of nitrogens with zero attached hydrogens (tertiary/aromatic N) is 3. The second-order valence-corrected chi connectivity index (χ2v) is 16.6. The Balaban J connectivity index is 1.15. The molecule has 0 aromatic heterocycles. The van der Waals surface area contributed by atoms with Crippen LogP contribution < -0.4 is 0 Å². The molecule has 2 fully saturated rings. The molecule has 6 aromatic carbocycles. The number of hydrogen-bond acceptors (Lipinski definition) is 11. The third-order valence-electron chi connectivity index (χ3n) is 11.9. The normalized spacial score (nSPS) is 26.1. The average molecular weight is 908 g/mol. The summed E-state index contributed by atoms with van der Waals surface area (Å²) >= 11 is 0. The lowest BCUT2D eigenvalue weighted by molar-refractivity contribution is -0.335. The maximum Gasteiger partial charge on any atom is 0.169 e. The molecule has 0 unspecified atom stereocenters. The summed E-state index contributed by atoms with van der Waals surface area (Å²) in [4.78, 5) is 3.27. The van der Waals surface area contributed by atoms with Crippen molar-refractivity contribution >= 4 is 0 Å². The Bertz CT molecular complexity index is 2370. The van der Waals surface area contributed by atoms with Crippen LogP contribution in [0.1, 0.15) is 33.4 Å². The van der Waals surface area contributed by atoms with E-state index >= 15 is 0 Å². The Labute approximate surface area is 391 Å². The van der Waals surface area contributed by atoms with Crippen LogP contribution in [-0.4, -0.2) is 84.1 Å². The van der Waals surface area contributed by atoms with Crippen LogP contribution in [0.3, 0.4) is 0 Å². The first-order chi connectivity index (χ1) is 33.0. The third-order valence-corrected chi connectivity index (χ3v) is 11.9. The molecule has 0 radical (unpaired) electrons. The summed E-state index contributed by atoms with van der Waals surface area (Å²) in [6.45, 7) is 1.00. The second kappa shape index (κ2) is 24.8. The van der Waals surface area contributed by atoms with Crippen LogP contribution in [0.4, 0.5) is 0 Å². The highest BCUT2D eigenvalue weighted by atomic mass is 16.7. The van der Waals surface area contributed by atoms with Crippen molar-refractivity contribution in [1.82, 2.24) is 0 Å². The molecule has 1 saturated heterocycles. The van der Waals surface area contributed by atoms with E-state index in [1.54, 1.807) is 0 Å². The molecule has 1 heterocycles. The Morgan fingerprint density at radius 1 is 0.418 bits per heavy atom. The summed E-state index contributed by atoms with van der Waals surface area (Å²) < 4.78 is 53.5. The number of rotatable bonds is 22. The average Bonchev–Trinajstić information content (AvgIpc) is 3.38. The Morgan fingerprint density at radius 3 is 1.15 bits per heavy atom. The number of azide groups is 1. The lowest BCUT2D eigenvalue weighted by atomic mass is 9.83. The van der Waals surface area contributed by atoms with Gasteiger partial charge in [-0.15, -0.1) is 0 Å². The van der Waals surface area contributed by atoms with Crippen molar-refractivity contribution in [2.24, 2.45) is 5.11 Å². The molecule has 67 heavy (non-hydrogen) atoms. The Morgan fingerprint density at radius 2 is 0.746 bits per heavy atom. The van der Waals surface area contributed by atoms with Crippen LogP contribution >= 0.6 is 0 Å². The molecule has 0 spiro atoms. The van der Waals surface area contributed by atoms with E-state index in [0.717, 1.165) is 33.4 Å². The standard InChI is InChI=1S/C54H57N3O10/c55-57-56-45-49(62-33-40-23-11-3-12-24-40)48(61-32-39-21-9-2-10-22-39)44(37-60-31-38-19-7-1-8-20-38)66-54(45)67-51-47(59)46(58)50(63-34-41-25-13-4-14-26-41)52(64-35-42-27-15-5-16-28-42)53(51)65-36-43-29-17-6-18-30-43/h1-30,44-54,58-59H,31-37H2/t44-,45-,46+,47-,48-,49-,50+,51+,52-,53-,54+/m1/s1. The van der Waals surface area contributed by atoms with Crippen LogP contribution in [0.5, 0.6) is 0 Å². The van der Waals surface area contributed by atoms with Gasteiger partial charge in [-0.2, -0.15) is 0 Å². The van der Waals surface area contributed by atoms with Crippen LogP contribution in [0.2, 0.25) is 0 Å². The third kappa shape index (κ3) is 13.2. The smallest absolute Gasteiger partial charge is 0.169 e. The molecule has 6 aromatic rings. The first kappa shape index (κ1) is 47.7. The van der Waals surface area contributed by atoms with Crippen molar-refractivity contribution < 1.29 is 48.1 Å². The number of benzene rings is 6. The van der Waals surface area contributed by atoms with Crippen molar-refractivity contribution in [2.45, 2.75) is 107 Å². The van der Waals surface area contributed by atoms with Gasteiger partial charge in [-0.3, -0.25) is 0 Å². The van der Waals surface area contributed by atoms with Gasteiger partial charge in [-0.1, -0.05) is 187 Å². The van der Waals surface area contributed by atoms with Crippen molar-refractivity contribution in [3.05, 3.63) is 226 Å². The highest BCUT2D eigenvalue weighted by molar-refractivity contribution is 5.19. The molecule has 8 rings (SSSR count). The monoisotopic (exact) mass is 907 g/mol. The van der Waals surface area contributed by atoms with Crippen LogP contribution in [0.15, 0.2) is 187 Å². The molecule has 13 heteroatoms. The fourth-order valence-corrected chi connectivity index (χ4v) is 8.45. The molecule has 1 aliphatic carbocycles. The van der Waals surface area contributed by atoms with Gasteiger partial charge in [-0.05, 0) is 38.9 Å². The number of hydrogen-bond donors (Lipinski definition) is 2. The molecule has 13 nitrogen and oxygen atoms in total. The zero-order valence-electron chi connectivity index (χ0n) is 37.1. The fraction of sp³-hybridized carbons (Fsp3) is 0.333. The minimum atomic E-state index is -1.60. The first-order valence-electron chi connectivity index (χ1n) is 22.6. The molecule has 0 bridgehead atoms. The molecule has 1 saturated carbocycles. The van der Waals surface area contributed by atoms with Crippen LogP contribution in [0, 0.1) is 0 Å². The molecule has 0 amide bonds. The van der Waals surface area contributed by atoms with Crippen LogP contribution in [-0.2, 0) is 77.5 Å². The maximum atomic E-state index is 12.3. The van der Waals surface area contributed by atoms with E-state index in [1.165, 1.54) is 0 Å².